The van der Waals surface area contributed by atoms with Crippen LogP contribution in [-0.4, -0.2) is 15.5 Å². The Hall–Kier alpha value is -2.59. The van der Waals surface area contributed by atoms with Crippen LogP contribution in [-0.2, 0) is 13.1 Å². The SMILES string of the molecule is O=C(NCc1ccc(Cn2ccnc2)cc1)c1ccccc1Cl. The van der Waals surface area contributed by atoms with E-state index in [0.717, 1.165) is 12.1 Å². The molecular formula is C18H16ClN3O. The summed E-state index contributed by atoms with van der Waals surface area (Å²) < 4.78 is 2.01. The lowest BCUT2D eigenvalue weighted by Gasteiger charge is -2.08. The first kappa shape index (κ1) is 15.3. The predicted molar refractivity (Wildman–Crippen MR) is 90.4 cm³/mol. The molecule has 0 aliphatic rings. The van der Waals surface area contributed by atoms with Crippen LogP contribution in [0.15, 0.2) is 67.3 Å². The maximum absolute atomic E-state index is 12.1. The number of amides is 1. The Kier molecular flexibility index (Phi) is 4.74. The van der Waals surface area contributed by atoms with E-state index in [4.69, 9.17) is 11.6 Å². The second-order valence-corrected chi connectivity index (χ2v) is 5.62. The number of hydrogen-bond donors (Lipinski definition) is 1. The molecule has 1 heterocycles. The van der Waals surface area contributed by atoms with Gasteiger partial charge in [0, 0.05) is 25.5 Å². The van der Waals surface area contributed by atoms with Gasteiger partial charge in [-0.3, -0.25) is 4.79 Å². The van der Waals surface area contributed by atoms with Crippen LogP contribution in [0.3, 0.4) is 0 Å². The fourth-order valence-electron chi connectivity index (χ4n) is 2.28. The molecule has 0 bridgehead atoms. The highest BCUT2D eigenvalue weighted by Gasteiger charge is 2.08. The molecule has 3 aromatic rings. The van der Waals surface area contributed by atoms with E-state index in [2.05, 4.69) is 22.4 Å². The molecule has 0 aliphatic carbocycles. The lowest BCUT2D eigenvalue weighted by molar-refractivity contribution is 0.0951. The summed E-state index contributed by atoms with van der Waals surface area (Å²) in [5.41, 5.74) is 2.72. The van der Waals surface area contributed by atoms with Crippen molar-refractivity contribution in [1.82, 2.24) is 14.9 Å². The van der Waals surface area contributed by atoms with E-state index in [9.17, 15) is 4.79 Å². The molecule has 0 aliphatic heterocycles. The number of carbonyl (C=O) groups excluding carboxylic acids is 1. The molecule has 0 saturated heterocycles. The molecule has 116 valence electrons. The average Bonchev–Trinajstić information content (AvgIpc) is 3.07. The molecule has 23 heavy (non-hydrogen) atoms. The zero-order valence-corrected chi connectivity index (χ0v) is 13.2. The summed E-state index contributed by atoms with van der Waals surface area (Å²) in [4.78, 5) is 16.1. The van der Waals surface area contributed by atoms with E-state index in [1.807, 2.05) is 22.9 Å². The van der Waals surface area contributed by atoms with Gasteiger partial charge in [-0.05, 0) is 23.3 Å². The molecular weight excluding hydrogens is 310 g/mol. The Labute approximate surface area is 139 Å². The van der Waals surface area contributed by atoms with Crippen LogP contribution in [0, 0.1) is 0 Å². The Morgan fingerprint density at radius 2 is 1.83 bits per heavy atom. The molecule has 4 nitrogen and oxygen atoms in total. The predicted octanol–water partition coefficient (Wildman–Crippen LogP) is 3.51. The summed E-state index contributed by atoms with van der Waals surface area (Å²) in [7, 11) is 0. The largest absolute Gasteiger partial charge is 0.348 e. The van der Waals surface area contributed by atoms with Crippen molar-refractivity contribution in [3.8, 4) is 0 Å². The van der Waals surface area contributed by atoms with Crippen LogP contribution in [0.2, 0.25) is 5.02 Å². The smallest absolute Gasteiger partial charge is 0.253 e. The summed E-state index contributed by atoms with van der Waals surface area (Å²) in [5, 5.41) is 3.34. The third kappa shape index (κ3) is 3.99. The number of halogens is 1. The van der Waals surface area contributed by atoms with Gasteiger partial charge < -0.3 is 9.88 Å². The fourth-order valence-corrected chi connectivity index (χ4v) is 2.50. The Morgan fingerprint density at radius 3 is 2.52 bits per heavy atom. The van der Waals surface area contributed by atoms with Gasteiger partial charge in [0.15, 0.2) is 0 Å². The van der Waals surface area contributed by atoms with Crippen molar-refractivity contribution in [2.24, 2.45) is 0 Å². The van der Waals surface area contributed by atoms with Gasteiger partial charge in [-0.15, -0.1) is 0 Å². The molecule has 0 unspecified atom stereocenters. The Balaban J connectivity index is 1.58. The number of carbonyl (C=O) groups is 1. The Bertz CT molecular complexity index is 782. The zero-order valence-electron chi connectivity index (χ0n) is 12.4. The second-order valence-electron chi connectivity index (χ2n) is 5.21. The highest BCUT2D eigenvalue weighted by molar-refractivity contribution is 6.33. The molecule has 0 fully saturated rings. The van der Waals surface area contributed by atoms with Gasteiger partial charge in [-0.2, -0.15) is 0 Å². The second kappa shape index (κ2) is 7.11. The normalized spacial score (nSPS) is 10.5. The maximum atomic E-state index is 12.1. The Morgan fingerprint density at radius 1 is 1.09 bits per heavy atom. The highest BCUT2D eigenvalue weighted by atomic mass is 35.5. The molecule has 3 rings (SSSR count). The van der Waals surface area contributed by atoms with Crippen LogP contribution in [0.1, 0.15) is 21.5 Å². The van der Waals surface area contributed by atoms with Gasteiger partial charge in [0.05, 0.1) is 16.9 Å². The van der Waals surface area contributed by atoms with Crippen LogP contribution in [0.4, 0.5) is 0 Å². The van der Waals surface area contributed by atoms with E-state index in [-0.39, 0.29) is 5.91 Å². The van der Waals surface area contributed by atoms with E-state index in [1.54, 1.807) is 36.8 Å². The third-order valence-electron chi connectivity index (χ3n) is 3.52. The molecule has 2 aromatic carbocycles. The van der Waals surface area contributed by atoms with Crippen LogP contribution < -0.4 is 5.32 Å². The lowest BCUT2D eigenvalue weighted by Crippen LogP contribution is -2.23. The summed E-state index contributed by atoms with van der Waals surface area (Å²) in [6, 6.07) is 15.2. The monoisotopic (exact) mass is 325 g/mol. The van der Waals surface area contributed by atoms with Crippen LogP contribution in [0.25, 0.3) is 0 Å². The third-order valence-corrected chi connectivity index (χ3v) is 3.85. The fraction of sp³-hybridized carbons (Fsp3) is 0.111. The van der Waals surface area contributed by atoms with Gasteiger partial charge >= 0.3 is 0 Å². The summed E-state index contributed by atoms with van der Waals surface area (Å²) in [6.45, 7) is 1.25. The molecule has 0 radical (unpaired) electrons. The van der Waals surface area contributed by atoms with Crippen molar-refractivity contribution >= 4 is 17.5 Å². The molecule has 1 aromatic heterocycles. The van der Waals surface area contributed by atoms with Crippen molar-refractivity contribution in [3.05, 3.63) is 89.0 Å². The molecule has 1 amide bonds. The first-order chi connectivity index (χ1) is 11.2. The van der Waals surface area contributed by atoms with Crippen LogP contribution >= 0.6 is 11.6 Å². The zero-order chi connectivity index (χ0) is 16.1. The van der Waals surface area contributed by atoms with Gasteiger partial charge in [0.1, 0.15) is 0 Å². The van der Waals surface area contributed by atoms with E-state index < -0.39 is 0 Å². The van der Waals surface area contributed by atoms with Crippen molar-refractivity contribution < 1.29 is 4.79 Å². The standard InChI is InChI=1S/C18H16ClN3O/c19-17-4-2-1-3-16(17)18(23)21-11-14-5-7-15(8-6-14)12-22-10-9-20-13-22/h1-10,13H,11-12H2,(H,21,23). The summed E-state index contributed by atoms with van der Waals surface area (Å²) in [5.74, 6) is -0.168. The first-order valence-electron chi connectivity index (χ1n) is 7.28. The lowest BCUT2D eigenvalue weighted by atomic mass is 10.1. The van der Waals surface area contributed by atoms with Crippen molar-refractivity contribution in [2.45, 2.75) is 13.1 Å². The van der Waals surface area contributed by atoms with Crippen LogP contribution in [0.5, 0.6) is 0 Å². The van der Waals surface area contributed by atoms with Gasteiger partial charge in [-0.25, -0.2) is 4.98 Å². The maximum Gasteiger partial charge on any atom is 0.253 e. The molecule has 0 saturated carbocycles. The van der Waals surface area contributed by atoms with Gasteiger partial charge in [0.2, 0.25) is 0 Å². The molecule has 5 heteroatoms. The van der Waals surface area contributed by atoms with E-state index in [0.29, 0.717) is 17.1 Å². The average molecular weight is 326 g/mol. The summed E-state index contributed by atoms with van der Waals surface area (Å²) in [6.07, 6.45) is 5.48. The highest BCUT2D eigenvalue weighted by Crippen LogP contribution is 2.15. The number of imidazole rings is 1. The minimum atomic E-state index is -0.168. The van der Waals surface area contributed by atoms with E-state index in [1.165, 1.54) is 5.56 Å². The number of aromatic nitrogens is 2. The number of hydrogen-bond acceptors (Lipinski definition) is 2. The minimum Gasteiger partial charge on any atom is -0.348 e. The minimum absolute atomic E-state index is 0.168. The topological polar surface area (TPSA) is 46.9 Å². The molecule has 1 N–H and O–H groups in total. The van der Waals surface area contributed by atoms with Crippen molar-refractivity contribution in [2.75, 3.05) is 0 Å². The van der Waals surface area contributed by atoms with E-state index >= 15 is 0 Å². The van der Waals surface area contributed by atoms with Gasteiger partial charge in [-0.1, -0.05) is 48.0 Å². The number of benzene rings is 2. The first-order valence-corrected chi connectivity index (χ1v) is 7.66. The number of nitrogens with one attached hydrogen (secondary N) is 1. The number of nitrogens with zero attached hydrogens (tertiary/aromatic N) is 2. The van der Waals surface area contributed by atoms with Gasteiger partial charge in [0.25, 0.3) is 5.91 Å². The quantitative estimate of drug-likeness (QED) is 0.780. The van der Waals surface area contributed by atoms with Crippen molar-refractivity contribution in [3.63, 3.8) is 0 Å². The number of rotatable bonds is 5. The molecule has 0 spiro atoms. The molecule has 0 atom stereocenters. The van der Waals surface area contributed by atoms with Crippen molar-refractivity contribution in [1.29, 1.82) is 0 Å². The summed E-state index contributed by atoms with van der Waals surface area (Å²) >= 11 is 6.02.